The van der Waals surface area contributed by atoms with Crippen molar-refractivity contribution in [2.75, 3.05) is 57.8 Å². The molecule has 194 valence electrons. The lowest BCUT2D eigenvalue weighted by Gasteiger charge is -2.45. The van der Waals surface area contributed by atoms with E-state index in [1.54, 1.807) is 31.7 Å². The minimum Gasteiger partial charge on any atom is -0.449 e. The normalized spacial score (nSPS) is 21.9. The van der Waals surface area contributed by atoms with Crippen LogP contribution in [0.5, 0.6) is 0 Å². The summed E-state index contributed by atoms with van der Waals surface area (Å²) in [5, 5.41) is 0. The molecule has 0 aliphatic carbocycles. The van der Waals surface area contributed by atoms with Crippen LogP contribution < -0.4 is 4.90 Å². The van der Waals surface area contributed by atoms with Gasteiger partial charge < -0.3 is 24.3 Å². The molecule has 0 bridgehead atoms. The van der Waals surface area contributed by atoms with E-state index in [4.69, 9.17) is 0 Å². The van der Waals surface area contributed by atoms with Gasteiger partial charge in [0.1, 0.15) is 0 Å². The van der Waals surface area contributed by atoms with E-state index < -0.39 is 36.7 Å². The number of hydrogen-bond acceptors (Lipinski definition) is 6. The van der Waals surface area contributed by atoms with Gasteiger partial charge in [0.2, 0.25) is 5.91 Å². The number of rotatable bonds is 4. The Hall–Kier alpha value is -2.82. The Bertz CT molecular complexity index is 932. The number of alkyl halides is 3. The molecule has 2 atom stereocenters. The van der Waals surface area contributed by atoms with Crippen molar-refractivity contribution >= 4 is 23.5 Å². The van der Waals surface area contributed by atoms with Gasteiger partial charge in [-0.1, -0.05) is 26.0 Å². The first-order chi connectivity index (χ1) is 16.4. The standard InChI is InChI=1S/C24H33F3N4O4/c1-16(2)21(32)30-14-20(18-6-5-7-19(12-18)29-10-8-28(4)9-11-29)31(13-17(30)3)22(33)23(34)35-15-24(25,26)27/h5-7,12,16-17,20H,8-11,13-15H2,1-4H3/t17-,20-/m1/s1. The SMILES string of the molecule is CC(C)C(=O)N1C[C@H](c2cccc(N3CCN(C)CC3)c2)N(C(=O)C(=O)OCC(F)(F)F)C[C@H]1C. The van der Waals surface area contributed by atoms with Gasteiger partial charge in [0.25, 0.3) is 0 Å². The van der Waals surface area contributed by atoms with Crippen LogP contribution in [0.4, 0.5) is 18.9 Å². The first-order valence-electron chi connectivity index (χ1n) is 11.8. The molecule has 0 unspecified atom stereocenters. The molecule has 0 aromatic heterocycles. The predicted octanol–water partition coefficient (Wildman–Crippen LogP) is 2.30. The fourth-order valence-corrected chi connectivity index (χ4v) is 4.44. The van der Waals surface area contributed by atoms with Gasteiger partial charge in [-0.2, -0.15) is 13.2 Å². The number of piperazine rings is 2. The van der Waals surface area contributed by atoms with Crippen molar-refractivity contribution in [3.8, 4) is 0 Å². The third-order valence-electron chi connectivity index (χ3n) is 6.44. The largest absolute Gasteiger partial charge is 0.449 e. The molecule has 0 spiro atoms. The molecule has 3 rings (SSSR count). The fourth-order valence-electron chi connectivity index (χ4n) is 4.44. The number of nitrogens with zero attached hydrogens (tertiary/aromatic N) is 4. The van der Waals surface area contributed by atoms with E-state index in [0.717, 1.165) is 31.9 Å². The van der Waals surface area contributed by atoms with E-state index in [9.17, 15) is 27.6 Å². The van der Waals surface area contributed by atoms with Gasteiger partial charge in [0.05, 0.1) is 6.04 Å². The van der Waals surface area contributed by atoms with Crippen molar-refractivity contribution in [1.82, 2.24) is 14.7 Å². The minimum absolute atomic E-state index is 0.00180. The smallest absolute Gasteiger partial charge is 0.422 e. The number of hydrogen-bond donors (Lipinski definition) is 0. The average molecular weight is 499 g/mol. The molecule has 8 nitrogen and oxygen atoms in total. The number of anilines is 1. The molecule has 11 heteroatoms. The summed E-state index contributed by atoms with van der Waals surface area (Å²) in [6, 6.07) is 6.42. The summed E-state index contributed by atoms with van der Waals surface area (Å²) in [4.78, 5) is 45.4. The third kappa shape index (κ3) is 6.65. The van der Waals surface area contributed by atoms with E-state index in [2.05, 4.69) is 21.6 Å². The Morgan fingerprint density at radius 2 is 1.71 bits per heavy atom. The van der Waals surface area contributed by atoms with Crippen LogP contribution >= 0.6 is 0 Å². The zero-order valence-electron chi connectivity index (χ0n) is 20.5. The zero-order valence-corrected chi connectivity index (χ0v) is 20.5. The van der Waals surface area contributed by atoms with Crippen LogP contribution in [0, 0.1) is 5.92 Å². The molecule has 2 heterocycles. The second-order valence-electron chi connectivity index (χ2n) is 9.54. The number of amides is 2. The summed E-state index contributed by atoms with van der Waals surface area (Å²) in [6.45, 7) is 7.06. The Labute approximate surface area is 203 Å². The van der Waals surface area contributed by atoms with Crippen LogP contribution in [0.25, 0.3) is 0 Å². The van der Waals surface area contributed by atoms with E-state index in [1.807, 2.05) is 18.2 Å². The molecule has 1 aromatic carbocycles. The maximum atomic E-state index is 12.9. The minimum atomic E-state index is -4.73. The van der Waals surface area contributed by atoms with Gasteiger partial charge in [-0.3, -0.25) is 9.59 Å². The molecule has 2 aliphatic rings. The molecular formula is C24H33F3N4O4. The van der Waals surface area contributed by atoms with Gasteiger partial charge in [0.15, 0.2) is 6.61 Å². The molecule has 2 saturated heterocycles. The Morgan fingerprint density at radius 1 is 1.06 bits per heavy atom. The number of esters is 1. The van der Waals surface area contributed by atoms with Crippen LogP contribution in [-0.4, -0.2) is 97.6 Å². The topological polar surface area (TPSA) is 73.4 Å². The van der Waals surface area contributed by atoms with Crippen molar-refractivity contribution in [3.05, 3.63) is 29.8 Å². The Balaban J connectivity index is 1.89. The molecule has 1 aromatic rings. The highest BCUT2D eigenvalue weighted by Gasteiger charge is 2.41. The molecule has 0 N–H and O–H groups in total. The lowest BCUT2D eigenvalue weighted by atomic mass is 9.97. The highest BCUT2D eigenvalue weighted by molar-refractivity contribution is 6.32. The average Bonchev–Trinajstić information content (AvgIpc) is 2.81. The summed E-state index contributed by atoms with van der Waals surface area (Å²) in [7, 11) is 2.05. The second kappa shape index (κ2) is 10.8. The first kappa shape index (κ1) is 26.8. The summed E-state index contributed by atoms with van der Waals surface area (Å²) >= 11 is 0. The maximum Gasteiger partial charge on any atom is 0.422 e. The van der Waals surface area contributed by atoms with Gasteiger partial charge in [-0.05, 0) is 31.7 Å². The number of ether oxygens (including phenoxy) is 1. The van der Waals surface area contributed by atoms with Gasteiger partial charge in [-0.25, -0.2) is 4.79 Å². The quantitative estimate of drug-likeness (QED) is 0.469. The number of halogens is 3. The number of benzene rings is 1. The number of carbonyl (C=O) groups excluding carboxylic acids is 3. The molecule has 35 heavy (non-hydrogen) atoms. The molecular weight excluding hydrogens is 465 g/mol. The van der Waals surface area contributed by atoms with Gasteiger partial charge >= 0.3 is 18.1 Å². The Kier molecular flexibility index (Phi) is 8.30. The van der Waals surface area contributed by atoms with Crippen molar-refractivity contribution in [2.45, 2.75) is 39.0 Å². The highest BCUT2D eigenvalue weighted by Crippen LogP contribution is 2.32. The van der Waals surface area contributed by atoms with Crippen molar-refractivity contribution < 1.29 is 32.3 Å². The van der Waals surface area contributed by atoms with Crippen LogP contribution in [-0.2, 0) is 19.1 Å². The summed E-state index contributed by atoms with van der Waals surface area (Å²) in [6.07, 6.45) is -4.73. The second-order valence-corrected chi connectivity index (χ2v) is 9.54. The fraction of sp³-hybridized carbons (Fsp3) is 0.625. The lowest BCUT2D eigenvalue weighted by molar-refractivity contribution is -0.190. The monoisotopic (exact) mass is 498 g/mol. The summed E-state index contributed by atoms with van der Waals surface area (Å²) < 4.78 is 41.8. The first-order valence-corrected chi connectivity index (χ1v) is 11.8. The van der Waals surface area contributed by atoms with Gasteiger partial charge in [0, 0.05) is 56.9 Å². The molecule has 0 radical (unpaired) electrons. The Morgan fingerprint density at radius 3 is 2.31 bits per heavy atom. The molecule has 2 fully saturated rings. The number of carbonyl (C=O) groups is 3. The van der Waals surface area contributed by atoms with Crippen LogP contribution in [0.1, 0.15) is 32.4 Å². The van der Waals surface area contributed by atoms with E-state index >= 15 is 0 Å². The predicted molar refractivity (Wildman–Crippen MR) is 124 cm³/mol. The van der Waals surface area contributed by atoms with Crippen molar-refractivity contribution in [2.24, 2.45) is 5.92 Å². The van der Waals surface area contributed by atoms with E-state index in [-0.39, 0.29) is 24.9 Å². The highest BCUT2D eigenvalue weighted by atomic mass is 19.4. The van der Waals surface area contributed by atoms with E-state index in [0.29, 0.717) is 5.56 Å². The summed E-state index contributed by atoms with van der Waals surface area (Å²) in [5.74, 6) is -3.07. The third-order valence-corrected chi connectivity index (χ3v) is 6.44. The van der Waals surface area contributed by atoms with Crippen molar-refractivity contribution in [3.63, 3.8) is 0 Å². The van der Waals surface area contributed by atoms with Crippen LogP contribution in [0.3, 0.4) is 0 Å². The van der Waals surface area contributed by atoms with E-state index in [1.165, 1.54) is 4.90 Å². The molecule has 0 saturated carbocycles. The number of likely N-dealkylation sites (N-methyl/N-ethyl adjacent to an activating group) is 1. The molecule has 2 aliphatic heterocycles. The maximum absolute atomic E-state index is 12.9. The van der Waals surface area contributed by atoms with Crippen molar-refractivity contribution in [1.29, 1.82) is 0 Å². The summed E-state index contributed by atoms with van der Waals surface area (Å²) in [5.41, 5.74) is 1.65. The molecule has 2 amide bonds. The van der Waals surface area contributed by atoms with Gasteiger partial charge in [-0.15, -0.1) is 0 Å². The zero-order chi connectivity index (χ0) is 25.9. The van der Waals surface area contributed by atoms with Crippen LogP contribution in [0.15, 0.2) is 24.3 Å². The van der Waals surface area contributed by atoms with Crippen LogP contribution in [0.2, 0.25) is 0 Å². The lowest BCUT2D eigenvalue weighted by Crippen LogP contribution is -2.58.